The highest BCUT2D eigenvalue weighted by atomic mass is 16.2. The molecule has 2 amide bonds. The molecule has 0 aromatic carbocycles. The van der Waals surface area contributed by atoms with E-state index in [0.717, 1.165) is 65.0 Å². The standard InChI is InChI=1S/C24H44N4O2/c1-17(2)27-11-9-19(15-27)13-25-23(29)21-5-7-22(8-6-21)24(30)26-14-20-10-12-28(16-20)18(3)4/h17-22H,5-16H2,1-4H3,(H,25,29)(H,26,30). The first-order valence-electron chi connectivity index (χ1n) is 12.4. The van der Waals surface area contributed by atoms with Crippen molar-refractivity contribution < 1.29 is 9.59 Å². The largest absolute Gasteiger partial charge is 0.356 e. The fourth-order valence-corrected chi connectivity index (χ4v) is 5.39. The van der Waals surface area contributed by atoms with Crippen LogP contribution in [0.25, 0.3) is 0 Å². The molecular weight excluding hydrogens is 376 g/mol. The molecule has 6 heteroatoms. The average molecular weight is 421 g/mol. The molecule has 2 aliphatic heterocycles. The molecule has 0 spiro atoms. The minimum atomic E-state index is 0.0890. The number of rotatable bonds is 8. The third-order valence-electron chi connectivity index (χ3n) is 7.69. The molecule has 2 saturated heterocycles. The van der Waals surface area contributed by atoms with Crippen molar-refractivity contribution >= 4 is 11.8 Å². The quantitative estimate of drug-likeness (QED) is 0.633. The zero-order valence-electron chi connectivity index (χ0n) is 19.7. The Morgan fingerprint density at radius 1 is 0.700 bits per heavy atom. The Morgan fingerprint density at radius 3 is 1.37 bits per heavy atom. The van der Waals surface area contributed by atoms with E-state index < -0.39 is 0 Å². The van der Waals surface area contributed by atoms with Crippen LogP contribution in [0.1, 0.15) is 66.2 Å². The lowest BCUT2D eigenvalue weighted by molar-refractivity contribution is -0.130. The fourth-order valence-electron chi connectivity index (χ4n) is 5.39. The van der Waals surface area contributed by atoms with Gasteiger partial charge in [-0.2, -0.15) is 0 Å². The summed E-state index contributed by atoms with van der Waals surface area (Å²) in [5.41, 5.74) is 0. The van der Waals surface area contributed by atoms with Gasteiger partial charge in [-0.1, -0.05) is 0 Å². The van der Waals surface area contributed by atoms with Gasteiger partial charge in [0.15, 0.2) is 0 Å². The maximum atomic E-state index is 12.6. The lowest BCUT2D eigenvalue weighted by atomic mass is 9.81. The van der Waals surface area contributed by atoms with Crippen LogP contribution in [0.2, 0.25) is 0 Å². The molecule has 3 rings (SSSR count). The van der Waals surface area contributed by atoms with E-state index in [-0.39, 0.29) is 23.7 Å². The van der Waals surface area contributed by atoms with Crippen molar-refractivity contribution in [2.24, 2.45) is 23.7 Å². The van der Waals surface area contributed by atoms with Crippen molar-refractivity contribution in [1.29, 1.82) is 0 Å². The Labute approximate surface area is 183 Å². The van der Waals surface area contributed by atoms with Crippen LogP contribution in [0, 0.1) is 23.7 Å². The van der Waals surface area contributed by atoms with Crippen molar-refractivity contribution in [3.8, 4) is 0 Å². The lowest BCUT2D eigenvalue weighted by Crippen LogP contribution is -2.40. The third-order valence-corrected chi connectivity index (χ3v) is 7.69. The molecule has 1 aliphatic carbocycles. The molecule has 0 aromatic heterocycles. The van der Waals surface area contributed by atoms with E-state index in [2.05, 4.69) is 48.1 Å². The van der Waals surface area contributed by atoms with Gasteiger partial charge < -0.3 is 20.4 Å². The second kappa shape index (κ2) is 10.9. The van der Waals surface area contributed by atoms with E-state index >= 15 is 0 Å². The first kappa shape index (κ1) is 23.5. The van der Waals surface area contributed by atoms with E-state index in [1.54, 1.807) is 0 Å². The van der Waals surface area contributed by atoms with Gasteiger partial charge in [-0.15, -0.1) is 0 Å². The highest BCUT2D eigenvalue weighted by Crippen LogP contribution is 2.29. The molecule has 1 saturated carbocycles. The summed E-state index contributed by atoms with van der Waals surface area (Å²) in [5, 5.41) is 6.40. The van der Waals surface area contributed by atoms with Gasteiger partial charge in [0.25, 0.3) is 0 Å². The first-order valence-corrected chi connectivity index (χ1v) is 12.4. The smallest absolute Gasteiger partial charge is 0.223 e. The summed E-state index contributed by atoms with van der Waals surface area (Å²) < 4.78 is 0. The maximum absolute atomic E-state index is 12.6. The van der Waals surface area contributed by atoms with Crippen molar-refractivity contribution in [3.05, 3.63) is 0 Å². The van der Waals surface area contributed by atoms with Gasteiger partial charge in [-0.05, 0) is 91.1 Å². The van der Waals surface area contributed by atoms with Gasteiger partial charge in [0.2, 0.25) is 11.8 Å². The average Bonchev–Trinajstić information content (AvgIpc) is 3.40. The summed E-state index contributed by atoms with van der Waals surface area (Å²) in [4.78, 5) is 30.2. The molecular formula is C24H44N4O2. The maximum Gasteiger partial charge on any atom is 0.223 e. The molecule has 2 heterocycles. The summed E-state index contributed by atoms with van der Waals surface area (Å²) in [6.07, 6.45) is 5.74. The van der Waals surface area contributed by atoms with Crippen LogP contribution < -0.4 is 10.6 Å². The fraction of sp³-hybridized carbons (Fsp3) is 0.917. The van der Waals surface area contributed by atoms with Crippen LogP contribution in [0.15, 0.2) is 0 Å². The SMILES string of the molecule is CC(C)N1CCC(CNC(=O)C2CCC(C(=O)NCC3CCN(C(C)C)C3)CC2)C1. The number of nitrogens with zero attached hydrogens (tertiary/aromatic N) is 2. The Hall–Kier alpha value is -1.14. The lowest BCUT2D eigenvalue weighted by Gasteiger charge is -2.28. The Kier molecular flexibility index (Phi) is 8.58. The minimum absolute atomic E-state index is 0.0890. The van der Waals surface area contributed by atoms with Gasteiger partial charge in [-0.3, -0.25) is 9.59 Å². The van der Waals surface area contributed by atoms with Crippen LogP contribution in [0.4, 0.5) is 0 Å². The summed E-state index contributed by atoms with van der Waals surface area (Å²) in [5.74, 6) is 1.76. The van der Waals surface area contributed by atoms with Gasteiger partial charge in [-0.25, -0.2) is 0 Å². The summed E-state index contributed by atoms with van der Waals surface area (Å²) in [6, 6.07) is 1.19. The Bertz CT molecular complexity index is 522. The van der Waals surface area contributed by atoms with Crippen molar-refractivity contribution in [1.82, 2.24) is 20.4 Å². The third kappa shape index (κ3) is 6.43. The van der Waals surface area contributed by atoms with Gasteiger partial charge in [0, 0.05) is 50.1 Å². The highest BCUT2D eigenvalue weighted by molar-refractivity contribution is 5.81. The van der Waals surface area contributed by atoms with Gasteiger partial charge in [0.1, 0.15) is 0 Å². The number of nitrogens with one attached hydrogen (secondary N) is 2. The molecule has 30 heavy (non-hydrogen) atoms. The molecule has 0 aromatic rings. The Balaban J connectivity index is 1.30. The Morgan fingerprint density at radius 2 is 1.07 bits per heavy atom. The number of hydrogen-bond acceptors (Lipinski definition) is 4. The summed E-state index contributed by atoms with van der Waals surface area (Å²) >= 11 is 0. The van der Waals surface area contributed by atoms with E-state index in [9.17, 15) is 9.59 Å². The highest BCUT2D eigenvalue weighted by Gasteiger charge is 2.32. The number of carbonyl (C=O) groups is 2. The molecule has 2 atom stereocenters. The minimum Gasteiger partial charge on any atom is -0.356 e. The number of amides is 2. The predicted molar refractivity (Wildman–Crippen MR) is 121 cm³/mol. The summed E-state index contributed by atoms with van der Waals surface area (Å²) in [6.45, 7) is 15.1. The van der Waals surface area contributed by atoms with E-state index in [4.69, 9.17) is 0 Å². The number of carbonyl (C=O) groups excluding carboxylic acids is 2. The normalized spacial score (nSPS) is 30.9. The molecule has 3 fully saturated rings. The molecule has 2 unspecified atom stereocenters. The number of likely N-dealkylation sites (tertiary alicyclic amines) is 2. The first-order chi connectivity index (χ1) is 14.3. The van der Waals surface area contributed by atoms with Gasteiger partial charge in [0.05, 0.1) is 0 Å². The van der Waals surface area contributed by atoms with Crippen LogP contribution >= 0.6 is 0 Å². The molecule has 0 bridgehead atoms. The number of hydrogen-bond donors (Lipinski definition) is 2. The monoisotopic (exact) mass is 420 g/mol. The predicted octanol–water partition coefficient (Wildman–Crippen LogP) is 2.49. The van der Waals surface area contributed by atoms with Gasteiger partial charge >= 0.3 is 0 Å². The van der Waals surface area contributed by atoms with Crippen LogP contribution in [-0.4, -0.2) is 73.0 Å². The van der Waals surface area contributed by atoms with Crippen LogP contribution in [0.3, 0.4) is 0 Å². The van der Waals surface area contributed by atoms with Crippen LogP contribution in [0.5, 0.6) is 0 Å². The topological polar surface area (TPSA) is 64.7 Å². The zero-order chi connectivity index (χ0) is 21.7. The van der Waals surface area contributed by atoms with E-state index in [1.807, 2.05) is 0 Å². The van der Waals surface area contributed by atoms with E-state index in [1.165, 1.54) is 12.8 Å². The zero-order valence-corrected chi connectivity index (χ0v) is 19.7. The van der Waals surface area contributed by atoms with Crippen molar-refractivity contribution in [3.63, 3.8) is 0 Å². The molecule has 6 nitrogen and oxygen atoms in total. The molecule has 172 valence electrons. The second-order valence-electron chi connectivity index (χ2n) is 10.5. The van der Waals surface area contributed by atoms with Crippen molar-refractivity contribution in [2.45, 2.75) is 78.3 Å². The van der Waals surface area contributed by atoms with Crippen molar-refractivity contribution in [2.75, 3.05) is 39.3 Å². The molecule has 2 N–H and O–H groups in total. The molecule has 0 radical (unpaired) electrons. The second-order valence-corrected chi connectivity index (χ2v) is 10.5. The van der Waals surface area contributed by atoms with E-state index in [0.29, 0.717) is 23.9 Å². The van der Waals surface area contributed by atoms with Crippen LogP contribution in [-0.2, 0) is 9.59 Å². The summed E-state index contributed by atoms with van der Waals surface area (Å²) in [7, 11) is 0. The molecule has 3 aliphatic rings.